The van der Waals surface area contributed by atoms with Crippen molar-refractivity contribution in [2.45, 2.75) is 58.3 Å². The summed E-state index contributed by atoms with van der Waals surface area (Å²) in [5.41, 5.74) is 0.129. The largest absolute Gasteiger partial charge is 0.206 e. The average Bonchev–Trinajstić information content (AvgIpc) is 2.51. The second-order valence-electron chi connectivity index (χ2n) is 6.42. The first kappa shape index (κ1) is 17.1. The monoisotopic (exact) mass is 310 g/mol. The van der Waals surface area contributed by atoms with E-state index in [-0.39, 0.29) is 5.56 Å². The van der Waals surface area contributed by atoms with Crippen molar-refractivity contribution < 1.29 is 13.2 Å². The third-order valence-electron chi connectivity index (χ3n) is 4.69. The van der Waals surface area contributed by atoms with Crippen LogP contribution in [0.4, 0.5) is 13.2 Å². The predicted molar refractivity (Wildman–Crippen MR) is 84.9 cm³/mol. The first-order valence-corrected chi connectivity index (χ1v) is 8.43. The highest BCUT2D eigenvalue weighted by atomic mass is 19.2. The van der Waals surface area contributed by atoms with Gasteiger partial charge in [-0.05, 0) is 43.6 Å². The van der Waals surface area contributed by atoms with E-state index in [0.717, 1.165) is 24.8 Å². The Morgan fingerprint density at radius 2 is 1.64 bits per heavy atom. The van der Waals surface area contributed by atoms with Gasteiger partial charge in [-0.1, -0.05) is 44.8 Å². The van der Waals surface area contributed by atoms with Crippen LogP contribution in [0.3, 0.4) is 0 Å². The second kappa shape index (κ2) is 8.40. The Bertz CT molecular complexity index is 500. The molecule has 0 amide bonds. The molecule has 0 spiro atoms. The number of rotatable bonds is 6. The standard InChI is InChI=1S/C19H25F3/c1-2-3-4-5-14-6-8-15(9-7-14)10-11-16-12-18(21)19(22)13-17(16)20/h10-15H,2-9H2,1H3. The van der Waals surface area contributed by atoms with Crippen LogP contribution in [0.25, 0.3) is 6.08 Å². The maximum atomic E-state index is 13.6. The van der Waals surface area contributed by atoms with Gasteiger partial charge in [0.2, 0.25) is 0 Å². The molecule has 0 aromatic heterocycles. The van der Waals surface area contributed by atoms with E-state index in [9.17, 15) is 13.2 Å². The summed E-state index contributed by atoms with van der Waals surface area (Å²) in [5.74, 6) is -1.59. The minimum absolute atomic E-state index is 0.129. The number of hydrogen-bond acceptors (Lipinski definition) is 0. The molecule has 0 aliphatic heterocycles. The van der Waals surface area contributed by atoms with Crippen LogP contribution in [0.5, 0.6) is 0 Å². The molecule has 1 aliphatic carbocycles. The molecule has 1 aromatic carbocycles. The van der Waals surface area contributed by atoms with Gasteiger partial charge < -0.3 is 0 Å². The van der Waals surface area contributed by atoms with Gasteiger partial charge in [0, 0.05) is 11.6 Å². The van der Waals surface area contributed by atoms with Crippen molar-refractivity contribution in [3.8, 4) is 0 Å². The average molecular weight is 310 g/mol. The van der Waals surface area contributed by atoms with Gasteiger partial charge in [-0.3, -0.25) is 0 Å². The summed E-state index contributed by atoms with van der Waals surface area (Å²) >= 11 is 0. The van der Waals surface area contributed by atoms with Crippen molar-refractivity contribution in [2.24, 2.45) is 11.8 Å². The highest BCUT2D eigenvalue weighted by molar-refractivity contribution is 5.50. The zero-order chi connectivity index (χ0) is 15.9. The topological polar surface area (TPSA) is 0 Å². The number of halogens is 3. The zero-order valence-electron chi connectivity index (χ0n) is 13.3. The predicted octanol–water partition coefficient (Wildman–Crippen LogP) is 6.50. The quantitative estimate of drug-likeness (QED) is 0.415. The molecule has 0 nitrogen and oxygen atoms in total. The Balaban J connectivity index is 1.84. The Morgan fingerprint density at radius 1 is 0.955 bits per heavy atom. The third-order valence-corrected chi connectivity index (χ3v) is 4.69. The van der Waals surface area contributed by atoms with E-state index in [0.29, 0.717) is 12.0 Å². The molecule has 0 atom stereocenters. The molecule has 1 fully saturated rings. The van der Waals surface area contributed by atoms with Crippen molar-refractivity contribution in [2.75, 3.05) is 0 Å². The molecule has 22 heavy (non-hydrogen) atoms. The molecule has 0 heterocycles. The highest BCUT2D eigenvalue weighted by Crippen LogP contribution is 2.33. The first-order valence-electron chi connectivity index (χ1n) is 8.43. The lowest BCUT2D eigenvalue weighted by molar-refractivity contribution is 0.290. The van der Waals surface area contributed by atoms with Crippen LogP contribution in [0, 0.1) is 29.3 Å². The molecule has 1 saturated carbocycles. The smallest absolute Gasteiger partial charge is 0.161 e. The lowest BCUT2D eigenvalue weighted by Gasteiger charge is -2.26. The summed E-state index contributed by atoms with van der Waals surface area (Å²) in [6.07, 6.45) is 13.4. The van der Waals surface area contributed by atoms with Crippen LogP contribution in [0.1, 0.15) is 63.9 Å². The lowest BCUT2D eigenvalue weighted by Crippen LogP contribution is -2.13. The SMILES string of the molecule is CCCCCC1CCC(C=Cc2cc(F)c(F)cc2F)CC1. The van der Waals surface area contributed by atoms with Gasteiger partial charge in [0.15, 0.2) is 11.6 Å². The van der Waals surface area contributed by atoms with E-state index in [2.05, 4.69) is 6.92 Å². The van der Waals surface area contributed by atoms with Gasteiger partial charge in [0.25, 0.3) is 0 Å². The maximum Gasteiger partial charge on any atom is 0.161 e. The van der Waals surface area contributed by atoms with Crippen LogP contribution in [0.2, 0.25) is 0 Å². The summed E-state index contributed by atoms with van der Waals surface area (Å²) < 4.78 is 39.6. The van der Waals surface area contributed by atoms with Crippen LogP contribution in [-0.4, -0.2) is 0 Å². The molecule has 0 saturated heterocycles. The summed E-state index contributed by atoms with van der Waals surface area (Å²) in [4.78, 5) is 0. The van der Waals surface area contributed by atoms with Gasteiger partial charge in [-0.15, -0.1) is 0 Å². The van der Waals surface area contributed by atoms with Gasteiger partial charge in [0.1, 0.15) is 5.82 Å². The van der Waals surface area contributed by atoms with E-state index < -0.39 is 17.5 Å². The van der Waals surface area contributed by atoms with Crippen LogP contribution >= 0.6 is 0 Å². The molecule has 2 rings (SSSR count). The van der Waals surface area contributed by atoms with Crippen molar-refractivity contribution in [3.63, 3.8) is 0 Å². The Hall–Kier alpha value is -1.25. The molecular weight excluding hydrogens is 285 g/mol. The molecule has 0 N–H and O–H groups in total. The summed E-state index contributed by atoms with van der Waals surface area (Å²) in [7, 11) is 0. The summed E-state index contributed by atoms with van der Waals surface area (Å²) in [6, 6.07) is 1.54. The molecule has 0 radical (unpaired) electrons. The summed E-state index contributed by atoms with van der Waals surface area (Å²) in [5, 5.41) is 0. The van der Waals surface area contributed by atoms with Crippen molar-refractivity contribution >= 4 is 6.08 Å². The fraction of sp³-hybridized carbons (Fsp3) is 0.579. The zero-order valence-corrected chi connectivity index (χ0v) is 13.3. The number of hydrogen-bond donors (Lipinski definition) is 0. The second-order valence-corrected chi connectivity index (χ2v) is 6.42. The molecule has 1 aromatic rings. The van der Waals surface area contributed by atoms with E-state index in [1.54, 1.807) is 6.08 Å². The minimum atomic E-state index is -1.14. The number of allylic oxidation sites excluding steroid dienone is 1. The van der Waals surface area contributed by atoms with Crippen molar-refractivity contribution in [1.29, 1.82) is 0 Å². The Labute approximate surface area is 131 Å². The molecule has 122 valence electrons. The van der Waals surface area contributed by atoms with Gasteiger partial charge in [0.05, 0.1) is 0 Å². The highest BCUT2D eigenvalue weighted by Gasteiger charge is 2.19. The number of unbranched alkanes of at least 4 members (excludes halogenated alkanes) is 2. The fourth-order valence-corrected chi connectivity index (χ4v) is 3.26. The first-order chi connectivity index (χ1) is 10.6. The fourth-order valence-electron chi connectivity index (χ4n) is 3.26. The van der Waals surface area contributed by atoms with Gasteiger partial charge in [-0.25, -0.2) is 13.2 Å². The van der Waals surface area contributed by atoms with Crippen molar-refractivity contribution in [3.05, 3.63) is 41.2 Å². The van der Waals surface area contributed by atoms with E-state index in [4.69, 9.17) is 0 Å². The summed E-state index contributed by atoms with van der Waals surface area (Å²) in [6.45, 7) is 2.22. The lowest BCUT2D eigenvalue weighted by atomic mass is 9.79. The normalized spacial score (nSPS) is 22.4. The molecule has 0 bridgehead atoms. The maximum absolute atomic E-state index is 13.6. The number of benzene rings is 1. The minimum Gasteiger partial charge on any atom is -0.206 e. The molecule has 1 aliphatic rings. The molecule has 3 heteroatoms. The molecular formula is C19H25F3. The van der Waals surface area contributed by atoms with Crippen LogP contribution in [-0.2, 0) is 0 Å². The van der Waals surface area contributed by atoms with E-state index >= 15 is 0 Å². The Morgan fingerprint density at radius 3 is 2.32 bits per heavy atom. The van der Waals surface area contributed by atoms with Gasteiger partial charge >= 0.3 is 0 Å². The van der Waals surface area contributed by atoms with Crippen LogP contribution in [0.15, 0.2) is 18.2 Å². The van der Waals surface area contributed by atoms with E-state index in [1.165, 1.54) is 38.5 Å². The van der Waals surface area contributed by atoms with Gasteiger partial charge in [-0.2, -0.15) is 0 Å². The van der Waals surface area contributed by atoms with Crippen LogP contribution < -0.4 is 0 Å². The third kappa shape index (κ3) is 4.89. The molecule has 0 unspecified atom stereocenters. The van der Waals surface area contributed by atoms with E-state index in [1.807, 2.05) is 6.08 Å². The van der Waals surface area contributed by atoms with Crippen molar-refractivity contribution in [1.82, 2.24) is 0 Å². The Kier molecular flexibility index (Phi) is 6.53.